The molecule has 1 heterocycles. The second-order valence-corrected chi connectivity index (χ2v) is 8.19. The lowest BCUT2D eigenvalue weighted by atomic mass is 10.0. The van der Waals surface area contributed by atoms with E-state index in [-0.39, 0.29) is 24.3 Å². The van der Waals surface area contributed by atoms with E-state index in [4.69, 9.17) is 0 Å². The highest BCUT2D eigenvalue weighted by Crippen LogP contribution is 2.22. The minimum atomic E-state index is -0.343. The Balaban J connectivity index is 1.67. The highest BCUT2D eigenvalue weighted by atomic mass is 32.2. The summed E-state index contributed by atoms with van der Waals surface area (Å²) in [7, 11) is 0. The lowest BCUT2D eigenvalue weighted by molar-refractivity contribution is -0.120. The van der Waals surface area contributed by atoms with Crippen LogP contribution < -0.4 is 10.6 Å². The highest BCUT2D eigenvalue weighted by molar-refractivity contribution is 7.99. The molecule has 2 aromatic carbocycles. The number of anilines is 1. The molecule has 1 unspecified atom stereocenters. The SMILES string of the molecule is CC(=O)NC(CC(=O)Nc1ccccc1CN1CCSCC1)c1ccccc1. The molecule has 0 spiro atoms. The maximum absolute atomic E-state index is 12.7. The van der Waals surface area contributed by atoms with Crippen molar-refractivity contribution in [2.24, 2.45) is 0 Å². The van der Waals surface area contributed by atoms with E-state index in [1.54, 1.807) is 0 Å². The molecule has 1 saturated heterocycles. The van der Waals surface area contributed by atoms with Crippen LogP contribution in [-0.4, -0.2) is 41.3 Å². The van der Waals surface area contributed by atoms with Gasteiger partial charge in [0.2, 0.25) is 11.8 Å². The first-order chi connectivity index (χ1) is 13.6. The zero-order chi connectivity index (χ0) is 19.8. The molecule has 1 aliphatic rings. The van der Waals surface area contributed by atoms with E-state index in [0.29, 0.717) is 0 Å². The molecule has 3 rings (SSSR count). The summed E-state index contributed by atoms with van der Waals surface area (Å²) in [6.07, 6.45) is 0.193. The number of hydrogen-bond acceptors (Lipinski definition) is 4. The third-order valence-electron chi connectivity index (χ3n) is 4.76. The van der Waals surface area contributed by atoms with Crippen LogP contribution in [0.5, 0.6) is 0 Å². The molecule has 6 heteroatoms. The quantitative estimate of drug-likeness (QED) is 0.751. The molecular weight excluding hydrogens is 370 g/mol. The zero-order valence-electron chi connectivity index (χ0n) is 16.2. The van der Waals surface area contributed by atoms with E-state index in [0.717, 1.165) is 48.0 Å². The van der Waals surface area contributed by atoms with Gasteiger partial charge in [-0.05, 0) is 17.2 Å². The lowest BCUT2D eigenvalue weighted by Crippen LogP contribution is -2.32. The smallest absolute Gasteiger partial charge is 0.226 e. The predicted molar refractivity (Wildman–Crippen MR) is 115 cm³/mol. The van der Waals surface area contributed by atoms with Crippen LogP contribution in [0.4, 0.5) is 5.69 Å². The van der Waals surface area contributed by atoms with Crippen molar-refractivity contribution in [3.8, 4) is 0 Å². The number of hydrogen-bond donors (Lipinski definition) is 2. The van der Waals surface area contributed by atoms with Gasteiger partial charge in [-0.1, -0.05) is 48.5 Å². The average molecular weight is 398 g/mol. The first kappa shape index (κ1) is 20.4. The van der Waals surface area contributed by atoms with E-state index in [2.05, 4.69) is 21.6 Å². The lowest BCUT2D eigenvalue weighted by Gasteiger charge is -2.27. The van der Waals surface area contributed by atoms with Crippen LogP contribution in [-0.2, 0) is 16.1 Å². The van der Waals surface area contributed by atoms with Crippen molar-refractivity contribution in [1.82, 2.24) is 10.2 Å². The van der Waals surface area contributed by atoms with E-state index < -0.39 is 0 Å². The number of amides is 2. The Morgan fingerprint density at radius 2 is 1.71 bits per heavy atom. The molecule has 0 saturated carbocycles. The first-order valence-electron chi connectivity index (χ1n) is 9.62. The molecule has 0 aromatic heterocycles. The van der Waals surface area contributed by atoms with E-state index in [1.165, 1.54) is 6.92 Å². The van der Waals surface area contributed by atoms with Crippen LogP contribution in [0.1, 0.15) is 30.5 Å². The number of para-hydroxylation sites is 1. The predicted octanol–water partition coefficient (Wildman–Crippen LogP) is 3.44. The molecule has 2 amide bonds. The van der Waals surface area contributed by atoms with Crippen molar-refractivity contribution in [3.63, 3.8) is 0 Å². The normalized spacial score (nSPS) is 15.6. The van der Waals surface area contributed by atoms with Gasteiger partial charge in [-0.3, -0.25) is 14.5 Å². The topological polar surface area (TPSA) is 61.4 Å². The van der Waals surface area contributed by atoms with Crippen molar-refractivity contribution < 1.29 is 9.59 Å². The van der Waals surface area contributed by atoms with Gasteiger partial charge in [-0.15, -0.1) is 0 Å². The van der Waals surface area contributed by atoms with Gasteiger partial charge >= 0.3 is 0 Å². The van der Waals surface area contributed by atoms with Gasteiger partial charge in [0, 0.05) is 43.8 Å². The molecule has 0 aliphatic carbocycles. The van der Waals surface area contributed by atoms with Crippen LogP contribution in [0, 0.1) is 0 Å². The highest BCUT2D eigenvalue weighted by Gasteiger charge is 2.18. The van der Waals surface area contributed by atoms with Crippen LogP contribution >= 0.6 is 11.8 Å². The molecule has 0 bridgehead atoms. The summed E-state index contributed by atoms with van der Waals surface area (Å²) in [6.45, 7) is 4.46. The summed E-state index contributed by atoms with van der Waals surface area (Å²) >= 11 is 1.99. The van der Waals surface area contributed by atoms with Crippen LogP contribution in [0.3, 0.4) is 0 Å². The van der Waals surface area contributed by atoms with Crippen molar-refractivity contribution in [2.45, 2.75) is 25.9 Å². The van der Waals surface area contributed by atoms with Crippen molar-refractivity contribution in [1.29, 1.82) is 0 Å². The Morgan fingerprint density at radius 3 is 2.43 bits per heavy atom. The summed E-state index contributed by atoms with van der Waals surface area (Å²) in [4.78, 5) is 26.8. The molecule has 28 heavy (non-hydrogen) atoms. The Morgan fingerprint density at radius 1 is 1.04 bits per heavy atom. The number of nitrogens with zero attached hydrogens (tertiary/aromatic N) is 1. The molecule has 2 aromatic rings. The number of nitrogens with one attached hydrogen (secondary N) is 2. The van der Waals surface area contributed by atoms with Gasteiger partial charge in [0.1, 0.15) is 0 Å². The van der Waals surface area contributed by atoms with Gasteiger partial charge < -0.3 is 10.6 Å². The molecule has 1 atom stereocenters. The van der Waals surface area contributed by atoms with E-state index in [9.17, 15) is 9.59 Å². The third kappa shape index (κ3) is 6.11. The summed E-state index contributed by atoms with van der Waals surface area (Å²) in [5.74, 6) is 2.06. The molecule has 148 valence electrons. The molecule has 0 radical (unpaired) electrons. The van der Waals surface area contributed by atoms with Crippen molar-refractivity contribution in [3.05, 3.63) is 65.7 Å². The van der Waals surface area contributed by atoms with Crippen molar-refractivity contribution >= 4 is 29.3 Å². The second kappa shape index (κ2) is 10.3. The van der Waals surface area contributed by atoms with Crippen LogP contribution in [0.2, 0.25) is 0 Å². The van der Waals surface area contributed by atoms with Gasteiger partial charge in [0.25, 0.3) is 0 Å². The van der Waals surface area contributed by atoms with Gasteiger partial charge in [-0.25, -0.2) is 0 Å². The summed E-state index contributed by atoms with van der Waals surface area (Å²) in [5, 5.41) is 5.93. The van der Waals surface area contributed by atoms with Gasteiger partial charge in [0.05, 0.1) is 12.5 Å². The summed E-state index contributed by atoms with van der Waals surface area (Å²) < 4.78 is 0. The summed E-state index contributed by atoms with van der Waals surface area (Å²) in [5.41, 5.74) is 2.89. The fourth-order valence-corrected chi connectivity index (χ4v) is 4.33. The Labute approximate surface area is 170 Å². The van der Waals surface area contributed by atoms with Crippen LogP contribution in [0.15, 0.2) is 54.6 Å². The third-order valence-corrected chi connectivity index (χ3v) is 5.70. The number of carbonyl (C=O) groups is 2. The number of benzene rings is 2. The van der Waals surface area contributed by atoms with E-state index >= 15 is 0 Å². The average Bonchev–Trinajstić information content (AvgIpc) is 2.70. The Hall–Kier alpha value is -2.31. The number of carbonyl (C=O) groups excluding carboxylic acids is 2. The van der Waals surface area contributed by atoms with Crippen molar-refractivity contribution in [2.75, 3.05) is 29.9 Å². The summed E-state index contributed by atoms with van der Waals surface area (Å²) in [6, 6.07) is 17.2. The van der Waals surface area contributed by atoms with Gasteiger partial charge in [0.15, 0.2) is 0 Å². The number of thioether (sulfide) groups is 1. The molecular formula is C22H27N3O2S. The second-order valence-electron chi connectivity index (χ2n) is 6.96. The minimum absolute atomic E-state index is 0.107. The maximum atomic E-state index is 12.7. The molecule has 2 N–H and O–H groups in total. The molecule has 1 fully saturated rings. The fraction of sp³-hybridized carbons (Fsp3) is 0.364. The fourth-order valence-electron chi connectivity index (χ4n) is 3.35. The minimum Gasteiger partial charge on any atom is -0.349 e. The van der Waals surface area contributed by atoms with Gasteiger partial charge in [-0.2, -0.15) is 11.8 Å². The Bertz CT molecular complexity index is 791. The largest absolute Gasteiger partial charge is 0.349 e. The Kier molecular flexibility index (Phi) is 7.51. The molecule has 5 nitrogen and oxygen atoms in total. The first-order valence-corrected chi connectivity index (χ1v) is 10.8. The van der Waals surface area contributed by atoms with Crippen LogP contribution in [0.25, 0.3) is 0 Å². The van der Waals surface area contributed by atoms with E-state index in [1.807, 2.05) is 60.3 Å². The monoisotopic (exact) mass is 397 g/mol. The zero-order valence-corrected chi connectivity index (χ0v) is 17.0. The standard InChI is InChI=1S/C22H27N3O2S/c1-17(26)23-21(18-7-3-2-4-8-18)15-22(27)24-20-10-6-5-9-19(20)16-25-11-13-28-14-12-25/h2-10,21H,11-16H2,1H3,(H,23,26)(H,24,27). The maximum Gasteiger partial charge on any atom is 0.226 e. The number of rotatable bonds is 7. The molecule has 1 aliphatic heterocycles.